The standard InChI is InChI=1S/C16H13NO2/c1-11-6-14(9-15(7-11)16(18)19-2)13-5-3-4-12(8-13)10-17/h3-9H,1-2H3. The molecule has 3 heteroatoms. The van der Waals surface area contributed by atoms with Crippen LogP contribution in [0.5, 0.6) is 0 Å². The lowest BCUT2D eigenvalue weighted by atomic mass is 9.99. The van der Waals surface area contributed by atoms with E-state index >= 15 is 0 Å². The molecule has 2 aromatic carbocycles. The van der Waals surface area contributed by atoms with Crippen LogP contribution in [0.4, 0.5) is 0 Å². The average molecular weight is 251 g/mol. The van der Waals surface area contributed by atoms with Crippen LogP contribution < -0.4 is 0 Å². The summed E-state index contributed by atoms with van der Waals surface area (Å²) < 4.78 is 4.74. The number of hydrogen-bond acceptors (Lipinski definition) is 3. The van der Waals surface area contributed by atoms with Crippen LogP contribution in [0, 0.1) is 18.3 Å². The summed E-state index contributed by atoms with van der Waals surface area (Å²) in [6.07, 6.45) is 0. The van der Waals surface area contributed by atoms with Gasteiger partial charge < -0.3 is 4.74 Å². The predicted octanol–water partition coefficient (Wildman–Crippen LogP) is 3.32. The van der Waals surface area contributed by atoms with Crippen molar-refractivity contribution >= 4 is 5.97 Å². The number of methoxy groups -OCH3 is 1. The maximum atomic E-state index is 11.6. The SMILES string of the molecule is COC(=O)c1cc(C)cc(-c2cccc(C#N)c2)c1. The molecule has 3 nitrogen and oxygen atoms in total. The van der Waals surface area contributed by atoms with Gasteiger partial charge in [0.25, 0.3) is 0 Å². The highest BCUT2D eigenvalue weighted by Gasteiger charge is 2.08. The lowest BCUT2D eigenvalue weighted by molar-refractivity contribution is 0.0600. The Labute approximate surface area is 112 Å². The van der Waals surface area contributed by atoms with Gasteiger partial charge in [-0.1, -0.05) is 18.2 Å². The molecule has 0 aliphatic rings. The van der Waals surface area contributed by atoms with Gasteiger partial charge in [-0.3, -0.25) is 0 Å². The highest BCUT2D eigenvalue weighted by molar-refractivity contribution is 5.91. The smallest absolute Gasteiger partial charge is 0.337 e. The maximum Gasteiger partial charge on any atom is 0.337 e. The quantitative estimate of drug-likeness (QED) is 0.769. The highest BCUT2D eigenvalue weighted by atomic mass is 16.5. The zero-order valence-electron chi connectivity index (χ0n) is 10.8. The van der Waals surface area contributed by atoms with E-state index in [1.165, 1.54) is 7.11 Å². The van der Waals surface area contributed by atoms with Gasteiger partial charge >= 0.3 is 5.97 Å². The number of benzene rings is 2. The fourth-order valence-electron chi connectivity index (χ4n) is 1.95. The minimum atomic E-state index is -0.360. The summed E-state index contributed by atoms with van der Waals surface area (Å²) in [5, 5.41) is 8.92. The minimum Gasteiger partial charge on any atom is -0.465 e. The second-order valence-corrected chi connectivity index (χ2v) is 4.27. The minimum absolute atomic E-state index is 0.360. The normalized spacial score (nSPS) is 9.74. The van der Waals surface area contributed by atoms with Gasteiger partial charge in [-0.25, -0.2) is 4.79 Å². The Morgan fingerprint density at radius 3 is 2.63 bits per heavy atom. The van der Waals surface area contributed by atoms with E-state index in [1.807, 2.05) is 25.1 Å². The first-order chi connectivity index (χ1) is 9.13. The summed E-state index contributed by atoms with van der Waals surface area (Å²) in [6, 6.07) is 14.9. The van der Waals surface area contributed by atoms with Crippen LogP contribution in [0.2, 0.25) is 0 Å². The number of carbonyl (C=O) groups excluding carboxylic acids is 1. The molecule has 0 amide bonds. The summed E-state index contributed by atoms with van der Waals surface area (Å²) >= 11 is 0. The molecule has 0 fully saturated rings. The van der Waals surface area contributed by atoms with Gasteiger partial charge in [0.05, 0.1) is 24.3 Å². The van der Waals surface area contributed by atoms with Crippen LogP contribution in [0.1, 0.15) is 21.5 Å². The fourth-order valence-corrected chi connectivity index (χ4v) is 1.95. The first-order valence-corrected chi connectivity index (χ1v) is 5.84. The molecule has 0 aliphatic carbocycles. The van der Waals surface area contributed by atoms with Crippen LogP contribution in [0.15, 0.2) is 42.5 Å². The zero-order chi connectivity index (χ0) is 13.8. The Hall–Kier alpha value is -2.60. The summed E-state index contributed by atoms with van der Waals surface area (Å²) in [6.45, 7) is 1.92. The monoisotopic (exact) mass is 251 g/mol. The van der Waals surface area contributed by atoms with E-state index in [2.05, 4.69) is 6.07 Å². The lowest BCUT2D eigenvalue weighted by Crippen LogP contribution is -2.01. The molecule has 94 valence electrons. The maximum absolute atomic E-state index is 11.6. The van der Waals surface area contributed by atoms with Gasteiger partial charge in [0.15, 0.2) is 0 Å². The third-order valence-electron chi connectivity index (χ3n) is 2.82. The van der Waals surface area contributed by atoms with E-state index in [0.717, 1.165) is 16.7 Å². The number of carbonyl (C=O) groups is 1. The second kappa shape index (κ2) is 5.36. The Balaban J connectivity index is 2.53. The van der Waals surface area contributed by atoms with Crippen LogP contribution in [-0.4, -0.2) is 13.1 Å². The summed E-state index contributed by atoms with van der Waals surface area (Å²) in [4.78, 5) is 11.6. The van der Waals surface area contributed by atoms with Crippen molar-refractivity contribution in [1.82, 2.24) is 0 Å². The molecule has 0 saturated heterocycles. The number of nitrogens with zero attached hydrogens (tertiary/aromatic N) is 1. The van der Waals surface area contributed by atoms with Gasteiger partial charge in [-0.2, -0.15) is 5.26 Å². The molecule has 0 bridgehead atoms. The lowest BCUT2D eigenvalue weighted by Gasteiger charge is -2.07. The number of aryl methyl sites for hydroxylation is 1. The first-order valence-electron chi connectivity index (χ1n) is 5.84. The van der Waals surface area contributed by atoms with Crippen LogP contribution in [-0.2, 0) is 4.74 Å². The van der Waals surface area contributed by atoms with Gasteiger partial charge in [0.2, 0.25) is 0 Å². The summed E-state index contributed by atoms with van der Waals surface area (Å²) in [5.74, 6) is -0.360. The molecule has 19 heavy (non-hydrogen) atoms. The molecular weight excluding hydrogens is 238 g/mol. The molecule has 0 saturated carbocycles. The third kappa shape index (κ3) is 2.80. The fraction of sp³-hybridized carbons (Fsp3) is 0.125. The third-order valence-corrected chi connectivity index (χ3v) is 2.82. The van der Waals surface area contributed by atoms with E-state index < -0.39 is 0 Å². The van der Waals surface area contributed by atoms with Gasteiger partial charge in [0.1, 0.15) is 0 Å². The van der Waals surface area contributed by atoms with E-state index in [0.29, 0.717) is 11.1 Å². The number of rotatable bonds is 2. The van der Waals surface area contributed by atoms with Crippen molar-refractivity contribution in [2.75, 3.05) is 7.11 Å². The molecule has 0 aromatic heterocycles. The number of nitriles is 1. The van der Waals surface area contributed by atoms with Gasteiger partial charge in [-0.05, 0) is 47.9 Å². The van der Waals surface area contributed by atoms with Gasteiger partial charge in [0, 0.05) is 0 Å². The number of esters is 1. The molecule has 0 unspecified atom stereocenters. The number of ether oxygens (including phenoxy) is 1. The van der Waals surface area contributed by atoms with Crippen LogP contribution in [0.3, 0.4) is 0 Å². The van der Waals surface area contributed by atoms with Crippen molar-refractivity contribution in [2.24, 2.45) is 0 Å². The van der Waals surface area contributed by atoms with E-state index in [4.69, 9.17) is 10.00 Å². The topological polar surface area (TPSA) is 50.1 Å². The van der Waals surface area contributed by atoms with Crippen molar-refractivity contribution in [1.29, 1.82) is 5.26 Å². The number of hydrogen-bond donors (Lipinski definition) is 0. The van der Waals surface area contributed by atoms with Crippen LogP contribution >= 0.6 is 0 Å². The van der Waals surface area contributed by atoms with Crippen molar-refractivity contribution in [3.8, 4) is 17.2 Å². The Kier molecular flexibility index (Phi) is 3.63. The Bertz CT molecular complexity index is 669. The summed E-state index contributed by atoms with van der Waals surface area (Å²) in [5.41, 5.74) is 3.89. The Morgan fingerprint density at radius 2 is 1.95 bits per heavy atom. The van der Waals surface area contributed by atoms with E-state index in [1.54, 1.807) is 24.3 Å². The molecule has 2 aromatic rings. The molecule has 2 rings (SSSR count). The first kappa shape index (κ1) is 12.8. The summed E-state index contributed by atoms with van der Waals surface area (Å²) in [7, 11) is 1.36. The predicted molar refractivity (Wildman–Crippen MR) is 72.7 cm³/mol. The van der Waals surface area contributed by atoms with Crippen molar-refractivity contribution in [2.45, 2.75) is 6.92 Å². The second-order valence-electron chi connectivity index (χ2n) is 4.27. The van der Waals surface area contributed by atoms with E-state index in [9.17, 15) is 4.79 Å². The van der Waals surface area contributed by atoms with Crippen molar-refractivity contribution in [3.05, 3.63) is 59.2 Å². The molecular formula is C16H13NO2. The van der Waals surface area contributed by atoms with E-state index in [-0.39, 0.29) is 5.97 Å². The molecule has 0 atom stereocenters. The molecule has 0 aliphatic heterocycles. The zero-order valence-corrected chi connectivity index (χ0v) is 10.8. The van der Waals surface area contributed by atoms with Crippen LogP contribution in [0.25, 0.3) is 11.1 Å². The highest BCUT2D eigenvalue weighted by Crippen LogP contribution is 2.23. The molecule has 0 spiro atoms. The average Bonchev–Trinajstić information content (AvgIpc) is 2.45. The molecule has 0 N–H and O–H groups in total. The van der Waals surface area contributed by atoms with Crippen molar-refractivity contribution in [3.63, 3.8) is 0 Å². The molecule has 0 radical (unpaired) electrons. The largest absolute Gasteiger partial charge is 0.465 e. The van der Waals surface area contributed by atoms with Crippen molar-refractivity contribution < 1.29 is 9.53 Å². The Morgan fingerprint density at radius 1 is 1.16 bits per heavy atom. The van der Waals surface area contributed by atoms with Gasteiger partial charge in [-0.15, -0.1) is 0 Å². The molecule has 0 heterocycles.